The molecular formula is C11H18N2O4. The van der Waals surface area contributed by atoms with Gasteiger partial charge < -0.3 is 25.6 Å². The van der Waals surface area contributed by atoms with E-state index in [0.29, 0.717) is 25.9 Å². The summed E-state index contributed by atoms with van der Waals surface area (Å²) in [6.45, 7) is 1.24. The molecule has 3 heterocycles. The van der Waals surface area contributed by atoms with Gasteiger partial charge in [-0.1, -0.05) is 0 Å². The van der Waals surface area contributed by atoms with E-state index in [1.165, 1.54) is 0 Å². The van der Waals surface area contributed by atoms with Crippen LogP contribution in [0, 0.1) is 0 Å². The summed E-state index contributed by atoms with van der Waals surface area (Å²) in [7, 11) is 0. The van der Waals surface area contributed by atoms with Gasteiger partial charge in [0.25, 0.3) is 0 Å². The Balaban J connectivity index is 1.84. The van der Waals surface area contributed by atoms with Crippen LogP contribution in [0.15, 0.2) is 0 Å². The highest BCUT2D eigenvalue weighted by atomic mass is 16.5. The molecule has 3 aliphatic rings. The minimum atomic E-state index is -0.625. The van der Waals surface area contributed by atoms with Crippen molar-refractivity contribution in [2.75, 3.05) is 13.1 Å². The molecule has 3 saturated heterocycles. The van der Waals surface area contributed by atoms with E-state index in [1.807, 2.05) is 0 Å². The third-order valence-corrected chi connectivity index (χ3v) is 3.95. The zero-order chi connectivity index (χ0) is 12.0. The Morgan fingerprint density at radius 1 is 1.00 bits per heavy atom. The number of carbonyl (C=O) groups excluding carboxylic acids is 1. The van der Waals surface area contributed by atoms with Gasteiger partial charge in [-0.25, -0.2) is 0 Å². The van der Waals surface area contributed by atoms with Gasteiger partial charge in [-0.3, -0.25) is 4.79 Å². The number of aliphatic hydroxyl groups excluding tert-OH is 2. The van der Waals surface area contributed by atoms with Crippen LogP contribution in [0.4, 0.5) is 0 Å². The highest BCUT2D eigenvalue weighted by molar-refractivity contribution is 5.91. The van der Waals surface area contributed by atoms with E-state index < -0.39 is 36.5 Å². The summed E-state index contributed by atoms with van der Waals surface area (Å²) in [6.07, 6.45) is -1.13. The number of fused-ring (bicyclic) bond motifs is 2. The molecule has 0 aromatic rings. The molecule has 17 heavy (non-hydrogen) atoms. The fraction of sp³-hybridized carbons (Fsp3) is 0.909. The third kappa shape index (κ3) is 1.80. The van der Waals surface area contributed by atoms with Gasteiger partial charge in [0, 0.05) is 0 Å². The molecule has 3 aliphatic heterocycles. The van der Waals surface area contributed by atoms with Gasteiger partial charge in [-0.2, -0.15) is 0 Å². The SMILES string of the molecule is O=C1C2NCCC(O)C2OC2C(O)CCNC12. The van der Waals surface area contributed by atoms with Crippen LogP contribution in [0.1, 0.15) is 12.8 Å². The van der Waals surface area contributed by atoms with Gasteiger partial charge in [0.15, 0.2) is 5.78 Å². The molecule has 96 valence electrons. The third-order valence-electron chi connectivity index (χ3n) is 3.95. The van der Waals surface area contributed by atoms with E-state index >= 15 is 0 Å². The summed E-state index contributed by atoms with van der Waals surface area (Å²) in [6, 6.07) is -0.893. The molecule has 0 spiro atoms. The fourth-order valence-electron chi connectivity index (χ4n) is 3.02. The number of ketones is 1. The topological polar surface area (TPSA) is 90.8 Å². The van der Waals surface area contributed by atoms with Crippen molar-refractivity contribution in [2.24, 2.45) is 0 Å². The van der Waals surface area contributed by atoms with Crippen LogP contribution in [0.5, 0.6) is 0 Å². The van der Waals surface area contributed by atoms with Gasteiger partial charge in [0.05, 0.1) is 24.3 Å². The maximum atomic E-state index is 12.3. The maximum absolute atomic E-state index is 12.3. The molecule has 6 unspecified atom stereocenters. The van der Waals surface area contributed by atoms with Crippen molar-refractivity contribution in [2.45, 2.75) is 49.3 Å². The van der Waals surface area contributed by atoms with Crippen LogP contribution >= 0.6 is 0 Å². The number of aliphatic hydroxyl groups is 2. The van der Waals surface area contributed by atoms with Crippen LogP contribution in [0.3, 0.4) is 0 Å². The maximum Gasteiger partial charge on any atom is 0.172 e. The molecule has 0 aromatic heterocycles. The highest BCUT2D eigenvalue weighted by Crippen LogP contribution is 2.28. The van der Waals surface area contributed by atoms with Gasteiger partial charge >= 0.3 is 0 Å². The molecule has 0 saturated carbocycles. The van der Waals surface area contributed by atoms with E-state index in [-0.39, 0.29) is 5.78 Å². The zero-order valence-corrected chi connectivity index (χ0v) is 9.50. The number of piperidine rings is 2. The molecule has 3 rings (SSSR count). The number of Topliss-reactive ketones (excluding diaryl/α,β-unsaturated/α-hetero) is 1. The molecule has 0 aliphatic carbocycles. The van der Waals surface area contributed by atoms with E-state index in [1.54, 1.807) is 0 Å². The van der Waals surface area contributed by atoms with Crippen molar-refractivity contribution in [1.82, 2.24) is 10.6 Å². The lowest BCUT2D eigenvalue weighted by Gasteiger charge is -2.48. The Morgan fingerprint density at radius 2 is 1.47 bits per heavy atom. The molecule has 6 heteroatoms. The molecule has 0 aromatic carbocycles. The van der Waals surface area contributed by atoms with E-state index in [0.717, 1.165) is 0 Å². The normalized spacial score (nSPS) is 50.6. The zero-order valence-electron chi connectivity index (χ0n) is 9.50. The first kappa shape index (κ1) is 11.6. The monoisotopic (exact) mass is 242 g/mol. The Kier molecular flexibility index (Phi) is 2.92. The Hall–Kier alpha value is -0.530. The molecule has 6 nitrogen and oxygen atoms in total. The van der Waals surface area contributed by atoms with Gasteiger partial charge in [0.1, 0.15) is 12.2 Å². The average molecular weight is 242 g/mol. The van der Waals surface area contributed by atoms with Crippen molar-refractivity contribution in [3.8, 4) is 0 Å². The van der Waals surface area contributed by atoms with Crippen LogP contribution in [0.2, 0.25) is 0 Å². The van der Waals surface area contributed by atoms with Crippen molar-refractivity contribution in [3.63, 3.8) is 0 Å². The number of carbonyl (C=O) groups is 1. The second-order valence-electron chi connectivity index (χ2n) is 5.04. The van der Waals surface area contributed by atoms with E-state index in [4.69, 9.17) is 4.74 Å². The smallest absolute Gasteiger partial charge is 0.172 e. The molecule has 3 fully saturated rings. The lowest BCUT2D eigenvalue weighted by Crippen LogP contribution is -2.72. The van der Waals surface area contributed by atoms with Gasteiger partial charge in [0.2, 0.25) is 0 Å². The minimum Gasteiger partial charge on any atom is -0.390 e. The summed E-state index contributed by atoms with van der Waals surface area (Å²) >= 11 is 0. The summed E-state index contributed by atoms with van der Waals surface area (Å²) in [5, 5.41) is 25.9. The standard InChI is InChI=1S/C11H18N2O4/c14-5-1-3-12-7-9(16)8-11(17-10(5)7)6(15)2-4-13-8/h5-8,10-15H,1-4H2. The van der Waals surface area contributed by atoms with Crippen molar-refractivity contribution < 1.29 is 19.7 Å². The van der Waals surface area contributed by atoms with Gasteiger partial charge in [-0.05, 0) is 25.9 Å². The van der Waals surface area contributed by atoms with Crippen LogP contribution in [-0.2, 0) is 9.53 Å². The summed E-state index contributed by atoms with van der Waals surface area (Å²) in [4.78, 5) is 12.3. The number of nitrogens with one attached hydrogen (secondary N) is 2. The lowest BCUT2D eigenvalue weighted by atomic mass is 9.83. The Labute approximate surface area is 99.3 Å². The molecule has 0 bridgehead atoms. The van der Waals surface area contributed by atoms with Crippen molar-refractivity contribution >= 4 is 5.78 Å². The predicted octanol–water partition coefficient (Wildman–Crippen LogP) is -2.23. The summed E-state index contributed by atoms with van der Waals surface area (Å²) in [5.74, 6) is 0.00347. The highest BCUT2D eigenvalue weighted by Gasteiger charge is 2.51. The van der Waals surface area contributed by atoms with Crippen molar-refractivity contribution in [1.29, 1.82) is 0 Å². The van der Waals surface area contributed by atoms with E-state index in [9.17, 15) is 15.0 Å². The number of hydrogen-bond acceptors (Lipinski definition) is 6. The summed E-state index contributed by atoms with van der Waals surface area (Å²) in [5.41, 5.74) is 0. The minimum absolute atomic E-state index is 0.00347. The van der Waals surface area contributed by atoms with Crippen LogP contribution in [-0.4, -0.2) is 65.6 Å². The van der Waals surface area contributed by atoms with Crippen molar-refractivity contribution in [3.05, 3.63) is 0 Å². The number of rotatable bonds is 0. The van der Waals surface area contributed by atoms with E-state index in [2.05, 4.69) is 10.6 Å². The van der Waals surface area contributed by atoms with Crippen LogP contribution in [0.25, 0.3) is 0 Å². The van der Waals surface area contributed by atoms with Gasteiger partial charge in [-0.15, -0.1) is 0 Å². The summed E-state index contributed by atoms with van der Waals surface area (Å²) < 4.78 is 5.74. The number of hydrogen-bond donors (Lipinski definition) is 4. The molecule has 4 N–H and O–H groups in total. The fourth-order valence-corrected chi connectivity index (χ4v) is 3.02. The largest absolute Gasteiger partial charge is 0.390 e. The second-order valence-corrected chi connectivity index (χ2v) is 5.04. The van der Waals surface area contributed by atoms with Crippen LogP contribution < -0.4 is 10.6 Å². The molecular weight excluding hydrogens is 224 g/mol. The quantitative estimate of drug-likeness (QED) is 0.384. The Morgan fingerprint density at radius 3 is 1.94 bits per heavy atom. The molecule has 0 radical (unpaired) electrons. The lowest BCUT2D eigenvalue weighted by molar-refractivity contribution is -0.187. The second kappa shape index (κ2) is 4.29. The average Bonchev–Trinajstić information content (AvgIpc) is 2.32. The number of ether oxygens (including phenoxy) is 1. The first-order valence-corrected chi connectivity index (χ1v) is 6.20. The molecule has 6 atom stereocenters. The first-order chi connectivity index (χ1) is 8.18. The first-order valence-electron chi connectivity index (χ1n) is 6.20. The molecule has 0 amide bonds. The Bertz CT molecular complexity index is 297. The predicted molar refractivity (Wildman–Crippen MR) is 58.5 cm³/mol.